The number of nitrogens with zero attached hydrogens (tertiary/aromatic N) is 2. The molecule has 1 aromatic carbocycles. The van der Waals surface area contributed by atoms with Gasteiger partial charge < -0.3 is 4.40 Å². The van der Waals surface area contributed by atoms with Crippen molar-refractivity contribution in [3.05, 3.63) is 47.9 Å². The minimum absolute atomic E-state index is 0.467. The van der Waals surface area contributed by atoms with Gasteiger partial charge in [0.25, 0.3) is 0 Å². The van der Waals surface area contributed by atoms with E-state index in [1.807, 2.05) is 28.8 Å². The summed E-state index contributed by atoms with van der Waals surface area (Å²) < 4.78 is 1.88. The first-order chi connectivity index (χ1) is 7.79. The van der Waals surface area contributed by atoms with Crippen molar-refractivity contribution in [1.29, 1.82) is 0 Å². The van der Waals surface area contributed by atoms with Crippen molar-refractivity contribution in [2.24, 2.45) is 0 Å². The van der Waals surface area contributed by atoms with Gasteiger partial charge in [0.1, 0.15) is 11.3 Å². The highest BCUT2D eigenvalue weighted by Crippen LogP contribution is 2.22. The molecule has 0 saturated heterocycles. The highest BCUT2D eigenvalue weighted by Gasteiger charge is 2.05. The van der Waals surface area contributed by atoms with Gasteiger partial charge in [0.2, 0.25) is 0 Å². The predicted molar refractivity (Wildman–Crippen MR) is 62.8 cm³/mol. The molecule has 2 aromatic heterocycles. The number of carbonyl (C=O) groups is 1. The molecular weight excluding hydrogens is 200 g/mol. The van der Waals surface area contributed by atoms with E-state index in [0.717, 1.165) is 17.3 Å². The van der Waals surface area contributed by atoms with Crippen LogP contribution in [0, 0.1) is 6.92 Å². The molecule has 78 valence electrons. The van der Waals surface area contributed by atoms with Crippen molar-refractivity contribution in [2.45, 2.75) is 6.92 Å². The zero-order valence-corrected chi connectivity index (χ0v) is 8.84. The first kappa shape index (κ1) is 9.09. The number of aldehydes is 1. The van der Waals surface area contributed by atoms with Crippen molar-refractivity contribution in [1.82, 2.24) is 9.38 Å². The fourth-order valence-electron chi connectivity index (χ4n) is 2.03. The predicted octanol–water partition coefficient (Wildman–Crippen LogP) is 2.61. The van der Waals surface area contributed by atoms with Crippen LogP contribution in [0.4, 0.5) is 0 Å². The number of aromatic nitrogens is 2. The molecule has 0 aliphatic carbocycles. The summed E-state index contributed by atoms with van der Waals surface area (Å²) >= 11 is 0. The van der Waals surface area contributed by atoms with Crippen LogP contribution in [0.5, 0.6) is 0 Å². The zero-order valence-electron chi connectivity index (χ0n) is 8.84. The second-order valence-electron chi connectivity index (χ2n) is 3.87. The van der Waals surface area contributed by atoms with E-state index in [-0.39, 0.29) is 0 Å². The Hall–Kier alpha value is -2.16. The van der Waals surface area contributed by atoms with Crippen molar-refractivity contribution < 1.29 is 4.79 Å². The number of hydrogen-bond acceptors (Lipinski definition) is 2. The third-order valence-electron chi connectivity index (χ3n) is 2.84. The lowest BCUT2D eigenvalue weighted by molar-refractivity contribution is 0.111. The van der Waals surface area contributed by atoms with Crippen LogP contribution in [0.15, 0.2) is 36.7 Å². The van der Waals surface area contributed by atoms with Gasteiger partial charge >= 0.3 is 0 Å². The lowest BCUT2D eigenvalue weighted by Gasteiger charge is -2.02. The van der Waals surface area contributed by atoms with E-state index in [2.05, 4.69) is 18.0 Å². The minimum atomic E-state index is 0.467. The van der Waals surface area contributed by atoms with Crippen molar-refractivity contribution >= 4 is 22.7 Å². The molecule has 0 amide bonds. The van der Waals surface area contributed by atoms with Crippen LogP contribution < -0.4 is 0 Å². The lowest BCUT2D eigenvalue weighted by Crippen LogP contribution is -1.86. The molecule has 3 aromatic rings. The molecule has 0 aliphatic rings. The van der Waals surface area contributed by atoms with E-state index in [1.54, 1.807) is 6.20 Å². The molecule has 0 saturated carbocycles. The standard InChI is InChI=1S/C13H10N2O/c1-9-3-2-4-12-11(9)5-6-15-7-10(8-16)14-13(12)15/h2-8H,1H3. The quantitative estimate of drug-likeness (QED) is 0.578. The maximum Gasteiger partial charge on any atom is 0.170 e. The third-order valence-corrected chi connectivity index (χ3v) is 2.84. The van der Waals surface area contributed by atoms with E-state index in [0.29, 0.717) is 5.69 Å². The van der Waals surface area contributed by atoms with Gasteiger partial charge in [0.15, 0.2) is 6.29 Å². The third kappa shape index (κ3) is 1.15. The van der Waals surface area contributed by atoms with Gasteiger partial charge in [-0.1, -0.05) is 18.2 Å². The number of carbonyl (C=O) groups excluding carboxylic acids is 1. The minimum Gasteiger partial charge on any atom is -0.306 e. The summed E-state index contributed by atoms with van der Waals surface area (Å²) in [5, 5.41) is 2.26. The van der Waals surface area contributed by atoms with E-state index >= 15 is 0 Å². The summed E-state index contributed by atoms with van der Waals surface area (Å²) in [6, 6.07) is 8.16. The normalized spacial score (nSPS) is 11.1. The van der Waals surface area contributed by atoms with Crippen molar-refractivity contribution in [3.8, 4) is 0 Å². The summed E-state index contributed by atoms with van der Waals surface area (Å²) in [7, 11) is 0. The number of fused-ring (bicyclic) bond motifs is 3. The highest BCUT2D eigenvalue weighted by molar-refractivity contribution is 5.96. The Morgan fingerprint density at radius 1 is 1.25 bits per heavy atom. The van der Waals surface area contributed by atoms with Crippen LogP contribution >= 0.6 is 0 Å². The van der Waals surface area contributed by atoms with Gasteiger partial charge in [-0.3, -0.25) is 4.79 Å². The summed E-state index contributed by atoms with van der Waals surface area (Å²) in [6.45, 7) is 2.07. The molecule has 0 radical (unpaired) electrons. The average molecular weight is 210 g/mol. The molecule has 16 heavy (non-hydrogen) atoms. The van der Waals surface area contributed by atoms with Gasteiger partial charge in [-0.15, -0.1) is 0 Å². The number of imidazole rings is 1. The van der Waals surface area contributed by atoms with Gasteiger partial charge in [0.05, 0.1) is 0 Å². The Labute approximate surface area is 92.3 Å². The molecule has 0 bridgehead atoms. The topological polar surface area (TPSA) is 34.4 Å². The molecule has 0 N–H and O–H groups in total. The van der Waals surface area contributed by atoms with Gasteiger partial charge in [-0.2, -0.15) is 0 Å². The monoisotopic (exact) mass is 210 g/mol. The Morgan fingerprint density at radius 2 is 2.12 bits per heavy atom. The Kier molecular flexibility index (Phi) is 1.80. The molecule has 0 fully saturated rings. The number of aryl methyl sites for hydroxylation is 1. The SMILES string of the molecule is Cc1cccc2c1ccn1cc(C=O)nc21. The maximum absolute atomic E-state index is 10.7. The largest absolute Gasteiger partial charge is 0.306 e. The smallest absolute Gasteiger partial charge is 0.170 e. The zero-order chi connectivity index (χ0) is 11.1. The molecule has 0 aliphatic heterocycles. The van der Waals surface area contributed by atoms with Crippen LogP contribution in [-0.4, -0.2) is 15.7 Å². The molecule has 0 atom stereocenters. The number of hydrogen-bond donors (Lipinski definition) is 0. The van der Waals surface area contributed by atoms with Crippen molar-refractivity contribution in [3.63, 3.8) is 0 Å². The van der Waals surface area contributed by atoms with Crippen LogP contribution in [0.3, 0.4) is 0 Å². The van der Waals surface area contributed by atoms with Crippen molar-refractivity contribution in [2.75, 3.05) is 0 Å². The Morgan fingerprint density at radius 3 is 2.94 bits per heavy atom. The van der Waals surface area contributed by atoms with Gasteiger partial charge in [0, 0.05) is 17.8 Å². The van der Waals surface area contributed by atoms with E-state index in [4.69, 9.17) is 0 Å². The fourth-order valence-corrected chi connectivity index (χ4v) is 2.03. The molecular formula is C13H10N2O. The molecule has 3 nitrogen and oxygen atoms in total. The van der Waals surface area contributed by atoms with Crippen LogP contribution in [-0.2, 0) is 0 Å². The summed E-state index contributed by atoms with van der Waals surface area (Å²) in [6.07, 6.45) is 4.45. The van der Waals surface area contributed by atoms with Gasteiger partial charge in [-0.05, 0) is 23.9 Å². The Bertz CT molecular complexity index is 698. The molecule has 3 rings (SSSR count). The fraction of sp³-hybridized carbons (Fsp3) is 0.0769. The molecule has 0 spiro atoms. The number of benzene rings is 1. The van der Waals surface area contributed by atoms with E-state index in [9.17, 15) is 4.79 Å². The highest BCUT2D eigenvalue weighted by atomic mass is 16.1. The summed E-state index contributed by atoms with van der Waals surface area (Å²) in [5.74, 6) is 0. The summed E-state index contributed by atoms with van der Waals surface area (Å²) in [5.41, 5.74) is 2.52. The second kappa shape index (κ2) is 3.17. The van der Waals surface area contributed by atoms with E-state index in [1.165, 1.54) is 10.9 Å². The lowest BCUT2D eigenvalue weighted by atomic mass is 10.1. The first-order valence-corrected chi connectivity index (χ1v) is 5.12. The molecule has 0 unspecified atom stereocenters. The molecule has 3 heteroatoms. The summed E-state index contributed by atoms with van der Waals surface area (Å²) in [4.78, 5) is 15.0. The van der Waals surface area contributed by atoms with Crippen LogP contribution in [0.25, 0.3) is 16.4 Å². The Balaban J connectivity index is 2.53. The van der Waals surface area contributed by atoms with E-state index < -0.39 is 0 Å². The second-order valence-corrected chi connectivity index (χ2v) is 3.87. The number of pyridine rings is 1. The average Bonchev–Trinajstić information content (AvgIpc) is 2.72. The number of rotatable bonds is 1. The first-order valence-electron chi connectivity index (χ1n) is 5.12. The maximum atomic E-state index is 10.7. The molecule has 2 heterocycles. The van der Waals surface area contributed by atoms with Gasteiger partial charge in [-0.25, -0.2) is 4.98 Å². The van der Waals surface area contributed by atoms with Crippen LogP contribution in [0.2, 0.25) is 0 Å². The van der Waals surface area contributed by atoms with Crippen LogP contribution in [0.1, 0.15) is 16.1 Å².